The summed E-state index contributed by atoms with van der Waals surface area (Å²) in [5.41, 5.74) is 7.53. The maximum atomic E-state index is 13.8. The largest absolute Gasteiger partial charge is 0.460 e. The van der Waals surface area contributed by atoms with E-state index in [0.29, 0.717) is 22.4 Å². The van der Waals surface area contributed by atoms with Gasteiger partial charge in [-0.2, -0.15) is 18.2 Å². The van der Waals surface area contributed by atoms with Crippen LogP contribution in [0.15, 0.2) is 72.8 Å². The molecule has 3 aromatic carbocycles. The Morgan fingerprint density at radius 2 is 1.58 bits per heavy atom. The third-order valence-corrected chi connectivity index (χ3v) is 4.58. The van der Waals surface area contributed by atoms with E-state index in [1.165, 1.54) is 48.5 Å². The van der Waals surface area contributed by atoms with Crippen molar-refractivity contribution in [3.05, 3.63) is 96.3 Å². The first-order valence-corrected chi connectivity index (χ1v) is 10.4. The van der Waals surface area contributed by atoms with Gasteiger partial charge < -0.3 is 16.6 Å². The van der Waals surface area contributed by atoms with Gasteiger partial charge in [-0.25, -0.2) is 9.37 Å². The summed E-state index contributed by atoms with van der Waals surface area (Å²) in [5, 5.41) is 0. The number of halogens is 4. The normalized spacial score (nSPS) is 10.9. The van der Waals surface area contributed by atoms with Crippen molar-refractivity contribution in [2.45, 2.75) is 26.1 Å². The van der Waals surface area contributed by atoms with Crippen LogP contribution in [0.25, 0.3) is 22.4 Å². The van der Waals surface area contributed by atoms with E-state index in [1.54, 1.807) is 24.3 Å². The number of benzene rings is 2. The first-order chi connectivity index (χ1) is 16.3. The summed E-state index contributed by atoms with van der Waals surface area (Å²) < 4.78 is 60.2. The van der Waals surface area contributed by atoms with Crippen LogP contribution < -0.4 is 16.6 Å². The van der Waals surface area contributed by atoms with Crippen LogP contribution in [0.3, 0.4) is 0 Å². The number of hydrogen-bond acceptors (Lipinski definition) is 5. The summed E-state index contributed by atoms with van der Waals surface area (Å²) in [6, 6.07) is 22.9. The number of nitrogen functional groups attached to an aromatic ring is 1. The van der Waals surface area contributed by atoms with Crippen LogP contribution >= 0.6 is 0 Å². The van der Waals surface area contributed by atoms with Crippen molar-refractivity contribution >= 4 is 5.95 Å². The molecule has 0 aliphatic heterocycles. The van der Waals surface area contributed by atoms with Crippen molar-refractivity contribution in [1.29, 1.82) is 0 Å². The van der Waals surface area contributed by atoms with Crippen LogP contribution in [-0.4, -0.2) is 16.1 Å². The molecule has 0 spiro atoms. The minimum Gasteiger partial charge on any atom is -0.460 e. The number of nitrogens with two attached hydrogens (primary N) is 1. The SMILES string of the molecule is CC.N.Nc1nc(OC(c2ccc(-c3cccc(F)c3)cc2)C(F)(F)F)cc(-c2cc#ccc2)n1.[Y]. The second-order valence-electron chi connectivity index (χ2n) is 6.84. The van der Waals surface area contributed by atoms with Gasteiger partial charge in [-0.3, -0.25) is 0 Å². The van der Waals surface area contributed by atoms with Gasteiger partial charge in [0.1, 0.15) is 5.82 Å². The number of ether oxygens (including phenoxy) is 1. The Kier molecular flexibility index (Phi) is 11.9. The van der Waals surface area contributed by atoms with Crippen LogP contribution in [0.2, 0.25) is 0 Å². The summed E-state index contributed by atoms with van der Waals surface area (Å²) >= 11 is 0. The predicted molar refractivity (Wildman–Crippen MR) is 127 cm³/mol. The molecular formula is C26H24F4N4OY. The zero-order valence-corrected chi connectivity index (χ0v) is 22.5. The monoisotopic (exact) mass is 573 g/mol. The van der Waals surface area contributed by atoms with Gasteiger partial charge >= 0.3 is 6.18 Å². The fraction of sp³-hybridized carbons (Fsp3) is 0.154. The van der Waals surface area contributed by atoms with Crippen molar-refractivity contribution in [3.8, 4) is 28.3 Å². The van der Waals surface area contributed by atoms with Crippen molar-refractivity contribution < 1.29 is 55.0 Å². The van der Waals surface area contributed by atoms with E-state index in [2.05, 4.69) is 22.1 Å². The van der Waals surface area contributed by atoms with Gasteiger partial charge in [-0.15, -0.1) is 0 Å². The number of rotatable bonds is 5. The first-order valence-electron chi connectivity index (χ1n) is 10.4. The Balaban J connectivity index is 0.00000158. The van der Waals surface area contributed by atoms with E-state index in [4.69, 9.17) is 10.5 Å². The summed E-state index contributed by atoms with van der Waals surface area (Å²) in [4.78, 5) is 7.84. The molecule has 0 aliphatic rings. The van der Waals surface area contributed by atoms with Gasteiger partial charge in [0.15, 0.2) is 0 Å². The van der Waals surface area contributed by atoms with Gasteiger partial charge in [0.05, 0.1) is 5.69 Å². The maximum Gasteiger partial charge on any atom is 0.429 e. The molecule has 1 radical (unpaired) electrons. The van der Waals surface area contributed by atoms with Crippen molar-refractivity contribution in [3.63, 3.8) is 0 Å². The standard InChI is InChI=1S/C24H15F4N3O.C2H6.H3N.Y/c25-19-8-4-7-18(13-19)15-9-11-17(12-10-15)22(24(26,27)28)32-21-14-20(30-23(29)31-21)16-5-2-1-3-6-16;1-2;;/h2,4-14,22H,(H2,29,30,31);1-2H3;1H3;. The summed E-state index contributed by atoms with van der Waals surface area (Å²) in [5.74, 6) is -0.987. The molecule has 10 heteroatoms. The van der Waals surface area contributed by atoms with Crippen LogP contribution in [0.4, 0.5) is 23.5 Å². The van der Waals surface area contributed by atoms with Crippen LogP contribution in [0, 0.1) is 17.9 Å². The number of hydrogen-bond donors (Lipinski definition) is 2. The Bertz CT molecular complexity index is 1220. The van der Waals surface area contributed by atoms with Gasteiger partial charge in [0.2, 0.25) is 17.9 Å². The average Bonchev–Trinajstić information content (AvgIpc) is 2.83. The van der Waals surface area contributed by atoms with Gasteiger partial charge in [-0.05, 0) is 41.5 Å². The van der Waals surface area contributed by atoms with E-state index < -0.39 is 18.1 Å². The second kappa shape index (κ2) is 13.9. The molecule has 0 amide bonds. The van der Waals surface area contributed by atoms with Crippen LogP contribution in [-0.2, 0) is 32.7 Å². The Hall–Kier alpha value is -3.06. The fourth-order valence-electron chi connectivity index (χ4n) is 3.12. The fourth-order valence-corrected chi connectivity index (χ4v) is 3.12. The molecule has 0 bridgehead atoms. The van der Waals surface area contributed by atoms with Crippen LogP contribution in [0.1, 0.15) is 25.5 Å². The Morgan fingerprint density at radius 1 is 0.889 bits per heavy atom. The van der Waals surface area contributed by atoms with Crippen molar-refractivity contribution in [2.24, 2.45) is 0 Å². The van der Waals surface area contributed by atoms with Crippen molar-refractivity contribution in [2.75, 3.05) is 5.73 Å². The second-order valence-corrected chi connectivity index (χ2v) is 6.84. The summed E-state index contributed by atoms with van der Waals surface area (Å²) in [7, 11) is 0. The number of aromatic nitrogens is 2. The molecule has 5 nitrogen and oxygen atoms in total. The molecule has 185 valence electrons. The zero-order chi connectivity index (χ0) is 24.7. The molecular weight excluding hydrogens is 549 g/mol. The van der Waals surface area contributed by atoms with E-state index >= 15 is 0 Å². The molecule has 1 atom stereocenters. The molecule has 1 heterocycles. The minimum absolute atomic E-state index is 0. The average molecular weight is 573 g/mol. The molecule has 0 saturated heterocycles. The van der Waals surface area contributed by atoms with Gasteiger partial charge in [0, 0.05) is 49.9 Å². The molecule has 1 aromatic heterocycles. The van der Waals surface area contributed by atoms with Gasteiger partial charge in [0.25, 0.3) is 0 Å². The van der Waals surface area contributed by atoms with Crippen LogP contribution in [0.5, 0.6) is 5.88 Å². The molecule has 4 aromatic rings. The first kappa shape index (κ1) is 31.0. The summed E-state index contributed by atoms with van der Waals surface area (Å²) in [6.07, 6.45) is -7.02. The number of anilines is 1. The molecule has 0 aliphatic carbocycles. The number of alkyl halides is 3. The Morgan fingerprint density at radius 3 is 2.17 bits per heavy atom. The molecule has 4 rings (SSSR count). The quantitative estimate of drug-likeness (QED) is 0.251. The third-order valence-electron chi connectivity index (χ3n) is 4.58. The maximum absolute atomic E-state index is 13.8. The minimum atomic E-state index is -4.73. The molecule has 0 saturated carbocycles. The molecule has 0 fully saturated rings. The van der Waals surface area contributed by atoms with Crippen molar-refractivity contribution in [1.82, 2.24) is 16.1 Å². The van der Waals surface area contributed by atoms with E-state index in [0.717, 1.165) is 0 Å². The van der Waals surface area contributed by atoms with E-state index in [9.17, 15) is 17.6 Å². The smallest absolute Gasteiger partial charge is 0.429 e. The van der Waals surface area contributed by atoms with E-state index in [1.807, 2.05) is 13.8 Å². The number of nitrogens with zero attached hydrogens (tertiary/aromatic N) is 2. The molecule has 1 unspecified atom stereocenters. The molecule has 5 N–H and O–H groups in total. The topological polar surface area (TPSA) is 96.0 Å². The predicted octanol–water partition coefficient (Wildman–Crippen LogP) is 7.00. The van der Waals surface area contributed by atoms with E-state index in [-0.39, 0.29) is 56.3 Å². The molecule has 36 heavy (non-hydrogen) atoms. The third kappa shape index (κ3) is 7.99. The van der Waals surface area contributed by atoms with Gasteiger partial charge in [-0.1, -0.05) is 62.4 Å². The zero-order valence-electron chi connectivity index (χ0n) is 19.7. The summed E-state index contributed by atoms with van der Waals surface area (Å²) in [6.45, 7) is 4.00. The Labute approximate surface area is 232 Å².